The van der Waals surface area contributed by atoms with Gasteiger partial charge in [-0.05, 0) is 48.0 Å². The zero-order chi connectivity index (χ0) is 19.6. The van der Waals surface area contributed by atoms with Crippen molar-refractivity contribution in [2.45, 2.75) is 10.7 Å². The zero-order valence-corrected chi connectivity index (χ0v) is 14.7. The second kappa shape index (κ2) is 9.95. The number of carbonyl (C=O) groups excluding carboxylic acids is 1. The molecular weight excluding hydrogens is 372 g/mol. The maximum absolute atomic E-state index is 12.3. The van der Waals surface area contributed by atoms with E-state index in [2.05, 4.69) is 5.32 Å². The van der Waals surface area contributed by atoms with Crippen LogP contribution >= 0.6 is 11.8 Å². The summed E-state index contributed by atoms with van der Waals surface area (Å²) in [5, 5.41) is 20.2. The molecule has 0 aliphatic carbocycles. The number of nitrogens with zero attached hydrogens (tertiary/aromatic N) is 2. The highest BCUT2D eigenvalue weighted by Gasteiger charge is 2.10. The van der Waals surface area contributed by atoms with Gasteiger partial charge in [0.25, 0.3) is 11.7 Å². The maximum atomic E-state index is 12.3. The lowest BCUT2D eigenvalue weighted by Gasteiger charge is -2.06. The van der Waals surface area contributed by atoms with Gasteiger partial charge in [-0.25, -0.2) is 0 Å². The van der Waals surface area contributed by atoms with Crippen molar-refractivity contribution in [1.82, 2.24) is 0 Å². The van der Waals surface area contributed by atoms with Crippen molar-refractivity contribution in [2.75, 3.05) is 11.9 Å². The van der Waals surface area contributed by atoms with Gasteiger partial charge in [-0.1, -0.05) is 23.9 Å². The Morgan fingerprint density at radius 2 is 1.81 bits per heavy atom. The van der Waals surface area contributed by atoms with E-state index in [1.807, 2.05) is 12.1 Å². The van der Waals surface area contributed by atoms with Crippen LogP contribution in [0.15, 0.2) is 59.0 Å². The Hall–Kier alpha value is -3.36. The third-order valence-electron chi connectivity index (χ3n) is 3.20. The van der Waals surface area contributed by atoms with E-state index in [1.54, 1.807) is 24.3 Å². The van der Waals surface area contributed by atoms with Gasteiger partial charge in [0.05, 0.1) is 0 Å². The first-order valence-electron chi connectivity index (χ1n) is 7.59. The Bertz CT molecular complexity index is 899. The number of nitrogens with one attached hydrogen (secondary N) is 1. The van der Waals surface area contributed by atoms with Gasteiger partial charge in [0.15, 0.2) is 6.61 Å². The third kappa shape index (κ3) is 6.46. The van der Waals surface area contributed by atoms with E-state index in [0.29, 0.717) is 33.7 Å². The molecule has 0 bridgehead atoms. The monoisotopic (exact) mass is 385 g/mol. The number of rotatable bonds is 7. The molecule has 0 spiro atoms. The first-order valence-corrected chi connectivity index (χ1v) is 8.47. The number of anilines is 1. The van der Waals surface area contributed by atoms with Crippen molar-refractivity contribution in [3.05, 3.63) is 59.7 Å². The third-order valence-corrected chi connectivity index (χ3v) is 3.92. The highest BCUT2D eigenvalue weighted by Crippen LogP contribution is 2.26. The van der Waals surface area contributed by atoms with Crippen LogP contribution in [0, 0.1) is 22.7 Å². The number of nitriles is 2. The highest BCUT2D eigenvalue weighted by atomic mass is 32.2. The van der Waals surface area contributed by atoms with Gasteiger partial charge in [-0.3, -0.25) is 4.79 Å². The molecule has 1 N–H and O–H groups in total. The summed E-state index contributed by atoms with van der Waals surface area (Å²) in [7, 11) is 0. The molecule has 0 saturated heterocycles. The highest BCUT2D eigenvalue weighted by molar-refractivity contribution is 7.99. The summed E-state index contributed by atoms with van der Waals surface area (Å²) in [5.41, 5.74) is 0.876. The molecule has 27 heavy (non-hydrogen) atoms. The van der Waals surface area contributed by atoms with Crippen LogP contribution in [0.5, 0.6) is 5.75 Å². The van der Waals surface area contributed by atoms with Gasteiger partial charge in [0, 0.05) is 10.6 Å². The van der Waals surface area contributed by atoms with Crippen molar-refractivity contribution in [1.29, 1.82) is 10.5 Å². The smallest absolute Gasteiger partial charge is 0.288 e. The number of hydrogen-bond acceptors (Lipinski definition) is 5. The SMILES string of the molecule is N#CCOc1ccc(/C=C(\C#N)C(=O)Nc2ccc(SC(F)F)cc2)cc1. The molecule has 2 aromatic rings. The first kappa shape index (κ1) is 20.0. The Morgan fingerprint density at radius 1 is 1.15 bits per heavy atom. The van der Waals surface area contributed by atoms with E-state index in [4.69, 9.17) is 10.00 Å². The molecule has 8 heteroatoms. The van der Waals surface area contributed by atoms with E-state index < -0.39 is 11.7 Å². The minimum Gasteiger partial charge on any atom is -0.479 e. The molecule has 0 unspecified atom stereocenters. The van der Waals surface area contributed by atoms with E-state index in [-0.39, 0.29) is 12.2 Å². The molecule has 0 saturated carbocycles. The van der Waals surface area contributed by atoms with Gasteiger partial charge in [-0.15, -0.1) is 0 Å². The average molecular weight is 385 g/mol. The molecule has 0 heterocycles. The van der Waals surface area contributed by atoms with Crippen LogP contribution in [0.25, 0.3) is 6.08 Å². The summed E-state index contributed by atoms with van der Waals surface area (Å²) >= 11 is 0.407. The quantitative estimate of drug-likeness (QED) is 0.432. The molecule has 136 valence electrons. The summed E-state index contributed by atoms with van der Waals surface area (Å²) < 4.78 is 29.7. The molecule has 1 amide bonds. The number of benzene rings is 2. The first-order chi connectivity index (χ1) is 13.0. The summed E-state index contributed by atoms with van der Waals surface area (Å²) in [6.45, 7) is -0.0738. The number of hydrogen-bond donors (Lipinski definition) is 1. The lowest BCUT2D eigenvalue weighted by atomic mass is 10.1. The van der Waals surface area contributed by atoms with Crippen LogP contribution in [0.2, 0.25) is 0 Å². The fourth-order valence-corrected chi connectivity index (χ4v) is 2.51. The molecule has 0 radical (unpaired) electrons. The molecule has 0 aliphatic heterocycles. The summed E-state index contributed by atoms with van der Waals surface area (Å²) in [5.74, 6) is -2.63. The molecule has 2 aromatic carbocycles. The Kier molecular flexibility index (Phi) is 7.36. The van der Waals surface area contributed by atoms with E-state index in [1.165, 1.54) is 30.3 Å². The predicted octanol–water partition coefficient (Wildman–Crippen LogP) is 4.45. The minimum atomic E-state index is -2.52. The standard InChI is InChI=1S/C19H13F2N3O2S/c20-19(21)27-17-7-3-15(4-8-17)24-18(25)14(12-23)11-13-1-5-16(6-2-13)26-10-9-22/h1-8,11,19H,10H2,(H,24,25)/b14-11+. The summed E-state index contributed by atoms with van der Waals surface area (Å²) in [4.78, 5) is 12.6. The molecule has 2 rings (SSSR count). The van der Waals surface area contributed by atoms with Crippen LogP contribution < -0.4 is 10.1 Å². The van der Waals surface area contributed by atoms with E-state index >= 15 is 0 Å². The fraction of sp³-hybridized carbons (Fsp3) is 0.105. The van der Waals surface area contributed by atoms with Crippen LogP contribution in [0.1, 0.15) is 5.56 Å². The van der Waals surface area contributed by atoms with E-state index in [0.717, 1.165) is 0 Å². The number of thioether (sulfide) groups is 1. The van der Waals surface area contributed by atoms with Crippen molar-refractivity contribution in [3.8, 4) is 17.9 Å². The zero-order valence-electron chi connectivity index (χ0n) is 13.9. The number of alkyl halides is 2. The number of carbonyl (C=O) groups is 1. The average Bonchev–Trinajstić information content (AvgIpc) is 2.66. The van der Waals surface area contributed by atoms with Crippen LogP contribution in [0.4, 0.5) is 14.5 Å². The topological polar surface area (TPSA) is 85.9 Å². The van der Waals surface area contributed by atoms with Gasteiger partial charge >= 0.3 is 0 Å². The molecule has 0 aromatic heterocycles. The lowest BCUT2D eigenvalue weighted by molar-refractivity contribution is -0.112. The minimum absolute atomic E-state index is 0.0738. The predicted molar refractivity (Wildman–Crippen MR) is 98.1 cm³/mol. The van der Waals surface area contributed by atoms with Gasteiger partial charge in [-0.2, -0.15) is 19.3 Å². The lowest BCUT2D eigenvalue weighted by Crippen LogP contribution is -2.13. The van der Waals surface area contributed by atoms with E-state index in [9.17, 15) is 18.8 Å². The largest absolute Gasteiger partial charge is 0.479 e. The Balaban J connectivity index is 2.05. The second-order valence-electron chi connectivity index (χ2n) is 5.04. The normalized spacial score (nSPS) is 10.8. The van der Waals surface area contributed by atoms with Gasteiger partial charge < -0.3 is 10.1 Å². The van der Waals surface area contributed by atoms with Crippen molar-refractivity contribution in [3.63, 3.8) is 0 Å². The van der Waals surface area contributed by atoms with Gasteiger partial charge in [0.1, 0.15) is 23.5 Å². The number of ether oxygens (including phenoxy) is 1. The Morgan fingerprint density at radius 3 is 2.37 bits per heavy atom. The van der Waals surface area contributed by atoms with Crippen molar-refractivity contribution >= 4 is 29.4 Å². The summed E-state index contributed by atoms with van der Waals surface area (Å²) in [6.07, 6.45) is 1.41. The van der Waals surface area contributed by atoms with Crippen molar-refractivity contribution < 1.29 is 18.3 Å². The fourth-order valence-electron chi connectivity index (χ4n) is 2.01. The Labute approximate surface area is 158 Å². The maximum Gasteiger partial charge on any atom is 0.288 e. The van der Waals surface area contributed by atoms with Crippen LogP contribution in [0.3, 0.4) is 0 Å². The molecular formula is C19H13F2N3O2S. The summed E-state index contributed by atoms with van der Waals surface area (Å²) in [6, 6.07) is 16.1. The molecule has 0 atom stereocenters. The number of halogens is 2. The van der Waals surface area contributed by atoms with Crippen LogP contribution in [-0.2, 0) is 4.79 Å². The van der Waals surface area contributed by atoms with Crippen molar-refractivity contribution in [2.24, 2.45) is 0 Å². The second-order valence-corrected chi connectivity index (χ2v) is 6.11. The number of amides is 1. The van der Waals surface area contributed by atoms with Gasteiger partial charge in [0.2, 0.25) is 0 Å². The van der Waals surface area contributed by atoms with Crippen LogP contribution in [-0.4, -0.2) is 18.3 Å². The molecule has 0 fully saturated rings. The molecule has 0 aliphatic rings. The molecule has 5 nitrogen and oxygen atoms in total.